The van der Waals surface area contributed by atoms with E-state index in [0.717, 1.165) is 0 Å². The fraction of sp³-hybridized carbons (Fsp3) is 0.263. The zero-order valence-electron chi connectivity index (χ0n) is 13.7. The Balaban J connectivity index is 2.08. The number of cyclic esters (lactones) is 2. The van der Waals surface area contributed by atoms with Gasteiger partial charge >= 0.3 is 11.9 Å². The van der Waals surface area contributed by atoms with Crippen LogP contribution < -0.4 is 0 Å². The Morgan fingerprint density at radius 1 is 0.920 bits per heavy atom. The van der Waals surface area contributed by atoms with Gasteiger partial charge in [-0.25, -0.2) is 4.39 Å². The zero-order chi connectivity index (χ0) is 18.2. The Kier molecular flexibility index (Phi) is 4.52. The second kappa shape index (κ2) is 6.48. The van der Waals surface area contributed by atoms with Crippen LogP contribution in [0.5, 0.6) is 0 Å². The van der Waals surface area contributed by atoms with Crippen LogP contribution >= 0.6 is 11.6 Å². The van der Waals surface area contributed by atoms with E-state index in [-0.39, 0.29) is 0 Å². The molecule has 1 aliphatic rings. The molecule has 2 aromatic carbocycles. The molecule has 0 aliphatic carbocycles. The number of rotatable bonds is 3. The van der Waals surface area contributed by atoms with Gasteiger partial charge in [0, 0.05) is 24.8 Å². The van der Waals surface area contributed by atoms with E-state index in [1.54, 1.807) is 24.3 Å². The molecule has 1 saturated heterocycles. The lowest BCUT2D eigenvalue weighted by Gasteiger charge is -2.36. The lowest BCUT2D eigenvalue weighted by atomic mass is 9.80. The summed E-state index contributed by atoms with van der Waals surface area (Å²) in [6.07, 6.45) is 0. The van der Waals surface area contributed by atoms with Gasteiger partial charge in [0.25, 0.3) is 5.79 Å². The van der Waals surface area contributed by atoms with E-state index in [2.05, 4.69) is 0 Å². The Bertz CT molecular complexity index is 734. The van der Waals surface area contributed by atoms with Gasteiger partial charge in [-0.3, -0.25) is 9.59 Å². The molecule has 0 saturated carbocycles. The van der Waals surface area contributed by atoms with E-state index in [1.807, 2.05) is 0 Å². The monoisotopic (exact) mass is 362 g/mol. The molecule has 0 N–H and O–H groups in total. The maximum Gasteiger partial charge on any atom is 0.324 e. The highest BCUT2D eigenvalue weighted by Crippen LogP contribution is 2.38. The van der Waals surface area contributed by atoms with Crippen molar-refractivity contribution < 1.29 is 23.5 Å². The minimum Gasteiger partial charge on any atom is -0.422 e. The van der Waals surface area contributed by atoms with Gasteiger partial charge < -0.3 is 9.47 Å². The SMILES string of the molecule is CC1(C)OC(=O)C(C(c2ccc(F)cc2)c2ccc(Cl)cc2)C(=O)O1. The Labute approximate surface area is 149 Å². The number of hydrogen-bond acceptors (Lipinski definition) is 4. The van der Waals surface area contributed by atoms with Crippen molar-refractivity contribution in [3.63, 3.8) is 0 Å². The lowest BCUT2D eigenvalue weighted by molar-refractivity contribution is -0.240. The molecular formula is C19H16ClFO4. The van der Waals surface area contributed by atoms with E-state index >= 15 is 0 Å². The average molecular weight is 363 g/mol. The zero-order valence-corrected chi connectivity index (χ0v) is 14.4. The van der Waals surface area contributed by atoms with Gasteiger partial charge in [0.05, 0.1) is 0 Å². The van der Waals surface area contributed by atoms with Gasteiger partial charge in [-0.15, -0.1) is 0 Å². The van der Waals surface area contributed by atoms with E-state index in [1.165, 1.54) is 38.1 Å². The number of halogens is 2. The molecule has 0 spiro atoms. The molecule has 130 valence electrons. The number of esters is 2. The highest BCUT2D eigenvalue weighted by atomic mass is 35.5. The smallest absolute Gasteiger partial charge is 0.324 e. The van der Waals surface area contributed by atoms with Crippen molar-refractivity contribution in [3.05, 3.63) is 70.5 Å². The first-order chi connectivity index (χ1) is 11.8. The second-order valence-electron chi connectivity index (χ2n) is 6.30. The predicted octanol–water partition coefficient (Wildman–Crippen LogP) is 4.06. The first-order valence-corrected chi connectivity index (χ1v) is 8.11. The number of ether oxygens (including phenoxy) is 2. The molecule has 1 unspecified atom stereocenters. The lowest BCUT2D eigenvalue weighted by Crippen LogP contribution is -2.48. The number of carbonyl (C=O) groups excluding carboxylic acids is 2. The molecule has 2 aromatic rings. The van der Waals surface area contributed by atoms with Crippen molar-refractivity contribution in [2.45, 2.75) is 25.6 Å². The van der Waals surface area contributed by atoms with Gasteiger partial charge in [0.1, 0.15) is 5.82 Å². The fourth-order valence-electron chi connectivity index (χ4n) is 2.92. The summed E-state index contributed by atoms with van der Waals surface area (Å²) in [4.78, 5) is 25.0. The van der Waals surface area contributed by atoms with Crippen LogP contribution in [0.3, 0.4) is 0 Å². The quantitative estimate of drug-likeness (QED) is 0.610. The number of carbonyl (C=O) groups is 2. The van der Waals surface area contributed by atoms with Gasteiger partial charge in [0.2, 0.25) is 0 Å². The molecule has 25 heavy (non-hydrogen) atoms. The number of hydrogen-bond donors (Lipinski definition) is 0. The average Bonchev–Trinajstić information content (AvgIpc) is 2.52. The highest BCUT2D eigenvalue weighted by molar-refractivity contribution is 6.30. The maximum atomic E-state index is 13.3. The van der Waals surface area contributed by atoms with Crippen LogP contribution in [0.1, 0.15) is 30.9 Å². The van der Waals surface area contributed by atoms with Crippen LogP contribution in [0.15, 0.2) is 48.5 Å². The first kappa shape index (κ1) is 17.4. The molecule has 1 fully saturated rings. The third kappa shape index (κ3) is 3.66. The molecule has 1 aliphatic heterocycles. The van der Waals surface area contributed by atoms with Crippen molar-refractivity contribution in [1.29, 1.82) is 0 Å². The van der Waals surface area contributed by atoms with Gasteiger partial charge in [-0.2, -0.15) is 0 Å². The van der Waals surface area contributed by atoms with Crippen molar-refractivity contribution in [2.75, 3.05) is 0 Å². The normalized spacial score (nSPS) is 18.4. The van der Waals surface area contributed by atoms with Gasteiger partial charge in [-0.1, -0.05) is 35.9 Å². The topological polar surface area (TPSA) is 52.6 Å². The van der Waals surface area contributed by atoms with Crippen LogP contribution in [0.2, 0.25) is 5.02 Å². The van der Waals surface area contributed by atoms with Crippen molar-refractivity contribution in [1.82, 2.24) is 0 Å². The maximum absolute atomic E-state index is 13.3. The third-order valence-electron chi connectivity index (χ3n) is 3.99. The summed E-state index contributed by atoms with van der Waals surface area (Å²) in [7, 11) is 0. The highest BCUT2D eigenvalue weighted by Gasteiger charge is 2.48. The van der Waals surface area contributed by atoms with Gasteiger partial charge in [-0.05, 0) is 35.4 Å². The van der Waals surface area contributed by atoms with Crippen LogP contribution in [-0.4, -0.2) is 17.7 Å². The first-order valence-electron chi connectivity index (χ1n) is 7.73. The summed E-state index contributed by atoms with van der Waals surface area (Å²) < 4.78 is 23.8. The van der Waals surface area contributed by atoms with Crippen molar-refractivity contribution >= 4 is 23.5 Å². The summed E-state index contributed by atoms with van der Waals surface area (Å²) >= 11 is 5.93. The minimum atomic E-state index is -1.31. The van der Waals surface area contributed by atoms with E-state index in [4.69, 9.17) is 21.1 Å². The molecule has 0 amide bonds. The van der Waals surface area contributed by atoms with Crippen LogP contribution in [-0.2, 0) is 19.1 Å². The van der Waals surface area contributed by atoms with Crippen LogP contribution in [0.4, 0.5) is 4.39 Å². The Morgan fingerprint density at radius 2 is 1.36 bits per heavy atom. The molecular weight excluding hydrogens is 347 g/mol. The molecule has 1 atom stereocenters. The number of benzene rings is 2. The van der Waals surface area contributed by atoms with Crippen molar-refractivity contribution in [2.24, 2.45) is 5.92 Å². The van der Waals surface area contributed by atoms with Gasteiger partial charge in [0.15, 0.2) is 5.92 Å². The minimum absolute atomic E-state index is 0.409. The summed E-state index contributed by atoms with van der Waals surface area (Å²) in [5, 5.41) is 0.525. The van der Waals surface area contributed by atoms with E-state index in [9.17, 15) is 14.0 Å². The second-order valence-corrected chi connectivity index (χ2v) is 6.74. The molecule has 1 heterocycles. The third-order valence-corrected chi connectivity index (χ3v) is 4.24. The summed E-state index contributed by atoms with van der Waals surface area (Å²) in [5.74, 6) is -4.92. The Hall–Kier alpha value is -2.40. The summed E-state index contributed by atoms with van der Waals surface area (Å²) in [5.41, 5.74) is 1.27. The largest absolute Gasteiger partial charge is 0.422 e. The fourth-order valence-corrected chi connectivity index (χ4v) is 3.04. The molecule has 0 aromatic heterocycles. The van der Waals surface area contributed by atoms with E-state index in [0.29, 0.717) is 16.1 Å². The van der Waals surface area contributed by atoms with E-state index < -0.39 is 35.4 Å². The van der Waals surface area contributed by atoms with Crippen LogP contribution in [0, 0.1) is 11.7 Å². The molecule has 4 nitrogen and oxygen atoms in total. The Morgan fingerprint density at radius 3 is 1.84 bits per heavy atom. The van der Waals surface area contributed by atoms with Crippen molar-refractivity contribution in [3.8, 4) is 0 Å². The molecule has 6 heteroatoms. The standard InChI is InChI=1S/C19H16ClFO4/c1-19(2)24-17(22)16(18(23)25-19)15(11-3-7-13(20)8-4-11)12-5-9-14(21)10-6-12/h3-10,15-16H,1-2H3. The summed E-state index contributed by atoms with van der Waals surface area (Å²) in [6, 6.07) is 12.4. The molecule has 3 rings (SSSR count). The van der Waals surface area contributed by atoms with Crippen LogP contribution in [0.25, 0.3) is 0 Å². The summed E-state index contributed by atoms with van der Waals surface area (Å²) in [6.45, 7) is 2.99. The molecule has 0 bridgehead atoms. The predicted molar refractivity (Wildman–Crippen MR) is 89.4 cm³/mol. The molecule has 0 radical (unpaired) electrons.